The van der Waals surface area contributed by atoms with Crippen LogP contribution < -0.4 is 4.74 Å². The molecule has 0 fully saturated rings. The van der Waals surface area contributed by atoms with E-state index in [1.54, 1.807) is 0 Å². The Balaban J connectivity index is 2.92. The van der Waals surface area contributed by atoms with Crippen molar-refractivity contribution in [3.8, 4) is 5.75 Å². The number of rotatable bonds is 7. The highest BCUT2D eigenvalue weighted by atomic mass is 35.5. The second-order valence-corrected chi connectivity index (χ2v) is 3.91. The molecule has 0 atom stereocenters. The number of aldehydes is 1. The van der Waals surface area contributed by atoms with Gasteiger partial charge in [-0.1, -0.05) is 0 Å². The fourth-order valence-electron chi connectivity index (χ4n) is 1.37. The van der Waals surface area contributed by atoms with Gasteiger partial charge in [0.1, 0.15) is 5.56 Å². The highest BCUT2D eigenvalue weighted by Crippen LogP contribution is 2.29. The number of ether oxygens (including phenoxy) is 1. The maximum atomic E-state index is 13.5. The van der Waals surface area contributed by atoms with Crippen LogP contribution in [0.5, 0.6) is 5.75 Å². The minimum atomic E-state index is -0.884. The first-order chi connectivity index (χ1) is 8.97. The topological polar surface area (TPSA) is 86.5 Å². The molecule has 0 aliphatic rings. The quantitative estimate of drug-likeness (QED) is 0.253. The first-order valence-corrected chi connectivity index (χ1v) is 5.58. The van der Waals surface area contributed by atoms with Gasteiger partial charge in [0.25, 0.3) is 5.69 Å². The highest BCUT2D eigenvalue weighted by Gasteiger charge is 2.22. The molecule has 0 spiro atoms. The minimum absolute atomic E-state index is 0.0223. The Hall–Kier alpha value is -2.02. The molecule has 8 heteroatoms. The van der Waals surface area contributed by atoms with Gasteiger partial charge in [-0.15, -0.1) is 0 Å². The molecule has 1 aromatic carbocycles. The van der Waals surface area contributed by atoms with Gasteiger partial charge in [0, 0.05) is 12.5 Å². The molecule has 102 valence electrons. The van der Waals surface area contributed by atoms with Crippen LogP contribution in [0.25, 0.3) is 0 Å². The zero-order chi connectivity index (χ0) is 14.4. The molecule has 6 nitrogen and oxygen atoms in total. The van der Waals surface area contributed by atoms with E-state index in [4.69, 9.17) is 16.3 Å². The normalized spacial score (nSPS) is 10.0. The van der Waals surface area contributed by atoms with Crippen LogP contribution in [0.4, 0.5) is 10.1 Å². The molecule has 0 radical (unpaired) electrons. The van der Waals surface area contributed by atoms with E-state index < -0.39 is 33.0 Å². The molecule has 1 rings (SSSR count). The van der Waals surface area contributed by atoms with Gasteiger partial charge >= 0.3 is 0 Å². The summed E-state index contributed by atoms with van der Waals surface area (Å²) in [4.78, 5) is 31.2. The number of nitro groups is 1. The molecule has 0 aliphatic heterocycles. The third kappa shape index (κ3) is 3.99. The molecule has 0 aromatic heterocycles. The first-order valence-electron chi connectivity index (χ1n) is 5.20. The predicted octanol–water partition coefficient (Wildman–Crippen LogP) is 2.47. The van der Waals surface area contributed by atoms with E-state index in [0.29, 0.717) is 0 Å². The Morgan fingerprint density at radius 2 is 2.21 bits per heavy atom. The SMILES string of the molecule is O=Cc1c([N+](=O)[O-])ccc(F)c1OCCCC(=O)Cl. The summed E-state index contributed by atoms with van der Waals surface area (Å²) in [6.45, 7) is -0.0859. The summed E-state index contributed by atoms with van der Waals surface area (Å²) in [5, 5.41) is 10.1. The molecule has 0 bridgehead atoms. The molecule has 0 aliphatic carbocycles. The number of hydrogen-bond donors (Lipinski definition) is 0. The Morgan fingerprint density at radius 1 is 1.53 bits per heavy atom. The molecular weight excluding hydrogens is 281 g/mol. The lowest BCUT2D eigenvalue weighted by molar-refractivity contribution is -0.385. The Labute approximate surface area is 112 Å². The average molecular weight is 290 g/mol. The van der Waals surface area contributed by atoms with Gasteiger partial charge in [0.05, 0.1) is 11.5 Å². The number of halogens is 2. The Morgan fingerprint density at radius 3 is 2.74 bits per heavy atom. The summed E-state index contributed by atoms with van der Waals surface area (Å²) in [6.07, 6.45) is 0.389. The van der Waals surface area contributed by atoms with Crippen LogP contribution in [0.1, 0.15) is 23.2 Å². The number of nitrogens with zero attached hydrogens (tertiary/aromatic N) is 1. The molecule has 19 heavy (non-hydrogen) atoms. The van der Waals surface area contributed by atoms with Crippen molar-refractivity contribution in [1.82, 2.24) is 0 Å². The van der Waals surface area contributed by atoms with E-state index in [0.717, 1.165) is 12.1 Å². The van der Waals surface area contributed by atoms with Crippen molar-refractivity contribution in [2.75, 3.05) is 6.61 Å². The van der Waals surface area contributed by atoms with Crippen molar-refractivity contribution < 1.29 is 23.6 Å². The first kappa shape index (κ1) is 15.0. The van der Waals surface area contributed by atoms with Crippen LogP contribution in [0.2, 0.25) is 0 Å². The van der Waals surface area contributed by atoms with E-state index in [2.05, 4.69) is 0 Å². The predicted molar refractivity (Wildman–Crippen MR) is 64.0 cm³/mol. The lowest BCUT2D eigenvalue weighted by Gasteiger charge is -2.08. The van der Waals surface area contributed by atoms with Gasteiger partial charge in [-0.25, -0.2) is 4.39 Å². The van der Waals surface area contributed by atoms with E-state index in [1.165, 1.54) is 0 Å². The van der Waals surface area contributed by atoms with Crippen molar-refractivity contribution in [3.05, 3.63) is 33.6 Å². The summed E-state index contributed by atoms with van der Waals surface area (Å²) < 4.78 is 18.4. The fraction of sp³-hybridized carbons (Fsp3) is 0.273. The Kier molecular flexibility index (Phi) is 5.37. The molecule has 0 heterocycles. The third-order valence-corrected chi connectivity index (χ3v) is 2.39. The zero-order valence-corrected chi connectivity index (χ0v) is 10.4. The van der Waals surface area contributed by atoms with Gasteiger partial charge in [0.2, 0.25) is 5.24 Å². The van der Waals surface area contributed by atoms with E-state index in [-0.39, 0.29) is 25.7 Å². The van der Waals surface area contributed by atoms with Crippen LogP contribution in [0, 0.1) is 15.9 Å². The van der Waals surface area contributed by atoms with Gasteiger partial charge in [0.15, 0.2) is 17.9 Å². The van der Waals surface area contributed by atoms with Crippen LogP contribution in [0.15, 0.2) is 12.1 Å². The minimum Gasteiger partial charge on any atom is -0.489 e. The van der Waals surface area contributed by atoms with E-state index >= 15 is 0 Å². The van der Waals surface area contributed by atoms with Crippen LogP contribution in [0.3, 0.4) is 0 Å². The van der Waals surface area contributed by atoms with Crippen molar-refractivity contribution >= 4 is 28.8 Å². The van der Waals surface area contributed by atoms with Gasteiger partial charge in [-0.3, -0.25) is 19.7 Å². The monoisotopic (exact) mass is 289 g/mol. The third-order valence-electron chi connectivity index (χ3n) is 2.20. The standard InChI is InChI=1S/C11H9ClFNO5/c12-10(16)2-1-5-19-11-7(6-15)9(14(17)18)4-3-8(11)13/h3-4,6H,1-2,5H2. The second-order valence-electron chi connectivity index (χ2n) is 3.49. The highest BCUT2D eigenvalue weighted by molar-refractivity contribution is 6.63. The van der Waals surface area contributed by atoms with Crippen molar-refractivity contribution in [1.29, 1.82) is 0 Å². The molecule has 0 unspecified atom stereocenters. The maximum absolute atomic E-state index is 13.5. The van der Waals surface area contributed by atoms with Crippen molar-refractivity contribution in [3.63, 3.8) is 0 Å². The number of benzene rings is 1. The summed E-state index contributed by atoms with van der Waals surface area (Å²) >= 11 is 5.10. The number of hydrogen-bond acceptors (Lipinski definition) is 5. The van der Waals surface area contributed by atoms with E-state index in [9.17, 15) is 24.1 Å². The number of carbonyl (C=O) groups excluding carboxylic acids is 2. The smallest absolute Gasteiger partial charge is 0.283 e. The van der Waals surface area contributed by atoms with E-state index in [1.807, 2.05) is 0 Å². The zero-order valence-electron chi connectivity index (χ0n) is 9.60. The molecule has 0 amide bonds. The second kappa shape index (κ2) is 6.79. The van der Waals surface area contributed by atoms with Gasteiger partial charge < -0.3 is 4.74 Å². The van der Waals surface area contributed by atoms with Gasteiger partial charge in [-0.2, -0.15) is 0 Å². The van der Waals surface area contributed by atoms with Crippen molar-refractivity contribution in [2.24, 2.45) is 0 Å². The van der Waals surface area contributed by atoms with Crippen LogP contribution in [-0.2, 0) is 4.79 Å². The summed E-state index contributed by atoms with van der Waals surface area (Å²) in [7, 11) is 0. The van der Waals surface area contributed by atoms with Crippen LogP contribution in [-0.4, -0.2) is 23.1 Å². The number of nitro benzene ring substituents is 1. The Bertz CT molecular complexity index is 520. The van der Waals surface area contributed by atoms with Gasteiger partial charge in [-0.05, 0) is 24.1 Å². The molecule has 0 saturated heterocycles. The average Bonchev–Trinajstić information content (AvgIpc) is 2.34. The molecule has 1 aromatic rings. The largest absolute Gasteiger partial charge is 0.489 e. The lowest BCUT2D eigenvalue weighted by atomic mass is 10.1. The fourth-order valence-corrected chi connectivity index (χ4v) is 1.50. The summed E-state index contributed by atoms with van der Waals surface area (Å²) in [5.74, 6) is -1.38. The van der Waals surface area contributed by atoms with Crippen LogP contribution >= 0.6 is 11.6 Å². The maximum Gasteiger partial charge on any atom is 0.283 e. The molecule has 0 saturated carbocycles. The molecular formula is C11H9ClFNO5. The number of carbonyl (C=O) groups is 2. The molecule has 0 N–H and O–H groups in total. The van der Waals surface area contributed by atoms with Crippen molar-refractivity contribution in [2.45, 2.75) is 12.8 Å². The summed E-state index contributed by atoms with van der Waals surface area (Å²) in [6, 6.07) is 1.72. The lowest BCUT2D eigenvalue weighted by Crippen LogP contribution is -2.05. The summed E-state index contributed by atoms with van der Waals surface area (Å²) in [5.41, 5.74) is -1.01.